The van der Waals surface area contributed by atoms with Crippen LogP contribution >= 0.6 is 11.6 Å². The fraction of sp³-hybridized carbons (Fsp3) is 0.477. The molecule has 2 aliphatic heterocycles. The monoisotopic (exact) mass is 710 g/mol. The molecule has 3 aliphatic rings. The van der Waals surface area contributed by atoms with Crippen molar-refractivity contribution in [2.24, 2.45) is 0 Å². The van der Waals surface area contributed by atoms with Crippen LogP contribution in [0, 0.1) is 0 Å². The van der Waals surface area contributed by atoms with Gasteiger partial charge in [-0.2, -0.15) is 4.58 Å². The molecule has 272 valence electrons. The minimum atomic E-state index is -1.16. The van der Waals surface area contributed by atoms with Crippen molar-refractivity contribution in [1.29, 1.82) is 0 Å². The Bertz CT molecular complexity index is 1820. The number of hydrogen-bond acceptors (Lipinski definition) is 4. The van der Waals surface area contributed by atoms with Gasteiger partial charge < -0.3 is 19.9 Å². The zero-order valence-corrected chi connectivity index (χ0v) is 32.2. The highest BCUT2D eigenvalue weighted by atomic mass is 35.5. The summed E-state index contributed by atoms with van der Waals surface area (Å²) in [6.45, 7) is 14.9. The molecule has 0 radical (unpaired) electrons. The van der Waals surface area contributed by atoms with E-state index in [0.29, 0.717) is 5.56 Å². The number of carboxylic acid groups (broad SMARTS) is 2. The predicted octanol–water partition coefficient (Wildman–Crippen LogP) is 10.1. The lowest BCUT2D eigenvalue weighted by atomic mass is 9.80. The van der Waals surface area contributed by atoms with Crippen molar-refractivity contribution in [3.05, 3.63) is 105 Å². The summed E-state index contributed by atoms with van der Waals surface area (Å²) in [6.07, 6.45) is 20.7. The van der Waals surface area contributed by atoms with E-state index in [1.807, 2.05) is 18.2 Å². The number of hydrogen-bond donors (Lipinski definition) is 1. The summed E-state index contributed by atoms with van der Waals surface area (Å²) in [5, 5.41) is 22.3. The lowest BCUT2D eigenvalue weighted by Gasteiger charge is -2.27. The molecule has 6 nitrogen and oxygen atoms in total. The quantitative estimate of drug-likeness (QED) is 0.147. The molecule has 7 heteroatoms. The molecule has 5 rings (SSSR count). The average Bonchev–Trinajstić information content (AvgIpc) is 3.44. The molecule has 0 bridgehead atoms. The van der Waals surface area contributed by atoms with Gasteiger partial charge in [0.15, 0.2) is 5.71 Å². The number of carbonyl (C=O) groups excluding carboxylic acids is 1. The molecule has 0 atom stereocenters. The van der Waals surface area contributed by atoms with Crippen molar-refractivity contribution in [1.82, 2.24) is 0 Å². The van der Waals surface area contributed by atoms with Crippen molar-refractivity contribution >= 4 is 40.6 Å². The third-order valence-corrected chi connectivity index (χ3v) is 11.6. The van der Waals surface area contributed by atoms with E-state index in [2.05, 4.69) is 75.3 Å². The molecule has 1 N–H and O–H groups in total. The molecule has 0 aromatic heterocycles. The molecule has 0 saturated carbocycles. The molecule has 1 aliphatic carbocycles. The van der Waals surface area contributed by atoms with E-state index in [0.717, 1.165) is 108 Å². The Morgan fingerprint density at radius 2 is 1.55 bits per heavy atom. The number of benzene rings is 2. The highest BCUT2D eigenvalue weighted by Crippen LogP contribution is 2.49. The Kier molecular flexibility index (Phi) is 12.2. The van der Waals surface area contributed by atoms with Gasteiger partial charge in [0.05, 0.1) is 16.9 Å². The van der Waals surface area contributed by atoms with Gasteiger partial charge >= 0.3 is 5.97 Å². The van der Waals surface area contributed by atoms with Gasteiger partial charge in [-0.05, 0) is 98.6 Å². The Labute approximate surface area is 309 Å². The highest BCUT2D eigenvalue weighted by Gasteiger charge is 2.45. The zero-order valence-electron chi connectivity index (χ0n) is 31.4. The van der Waals surface area contributed by atoms with Crippen LogP contribution in [-0.2, 0) is 10.8 Å². The second-order valence-electron chi connectivity index (χ2n) is 15.4. The first-order valence-corrected chi connectivity index (χ1v) is 19.3. The molecule has 2 aromatic rings. The van der Waals surface area contributed by atoms with E-state index in [1.54, 1.807) is 18.2 Å². The third-order valence-electron chi connectivity index (χ3n) is 11.1. The highest BCUT2D eigenvalue weighted by molar-refractivity contribution is 6.32. The van der Waals surface area contributed by atoms with E-state index in [1.165, 1.54) is 25.7 Å². The molecule has 2 aromatic carbocycles. The molecule has 0 fully saturated rings. The topological polar surface area (TPSA) is 83.7 Å². The molecule has 0 unspecified atom stereocenters. The summed E-state index contributed by atoms with van der Waals surface area (Å²) in [4.78, 5) is 26.0. The van der Waals surface area contributed by atoms with Gasteiger partial charge in [0.2, 0.25) is 5.69 Å². The normalized spacial score (nSPS) is 19.5. The maximum absolute atomic E-state index is 11.9. The van der Waals surface area contributed by atoms with Crippen LogP contribution in [0.1, 0.15) is 144 Å². The number of nitrogens with zero attached hydrogens (tertiary/aromatic N) is 2. The van der Waals surface area contributed by atoms with Crippen LogP contribution in [0.2, 0.25) is 0 Å². The smallest absolute Gasteiger partial charge is 0.335 e. The number of aromatic carboxylic acids is 2. The minimum absolute atomic E-state index is 0.204. The minimum Gasteiger partial charge on any atom is -0.545 e. The molecule has 0 spiro atoms. The van der Waals surface area contributed by atoms with E-state index in [-0.39, 0.29) is 11.0 Å². The number of carboxylic acids is 2. The first-order valence-electron chi connectivity index (χ1n) is 19.0. The Balaban J connectivity index is 1.49. The molecule has 0 amide bonds. The van der Waals surface area contributed by atoms with Crippen molar-refractivity contribution in [2.45, 2.75) is 123 Å². The van der Waals surface area contributed by atoms with Crippen LogP contribution in [0.25, 0.3) is 0 Å². The summed E-state index contributed by atoms with van der Waals surface area (Å²) in [7, 11) is 0. The Morgan fingerprint density at radius 3 is 2.24 bits per heavy atom. The van der Waals surface area contributed by atoms with Crippen LogP contribution in [-0.4, -0.2) is 40.4 Å². The molecule has 2 heterocycles. The summed E-state index contributed by atoms with van der Waals surface area (Å²) in [5.41, 5.74) is 8.46. The number of unbranched alkanes of at least 4 members (excludes halogenated alkanes) is 6. The van der Waals surface area contributed by atoms with Gasteiger partial charge in [0.1, 0.15) is 6.54 Å². The number of allylic oxidation sites excluding steroid dienone is 8. The zero-order chi connectivity index (χ0) is 36.9. The van der Waals surface area contributed by atoms with Crippen LogP contribution in [0.3, 0.4) is 0 Å². The number of rotatable bonds is 15. The number of fused-ring (bicyclic) bond motifs is 2. The lowest BCUT2D eigenvalue weighted by Crippen LogP contribution is -2.28. The molecule has 0 saturated heterocycles. The van der Waals surface area contributed by atoms with Crippen LogP contribution in [0.5, 0.6) is 0 Å². The van der Waals surface area contributed by atoms with Crippen molar-refractivity contribution in [2.75, 3.05) is 18.0 Å². The van der Waals surface area contributed by atoms with Crippen LogP contribution in [0.15, 0.2) is 82.6 Å². The fourth-order valence-corrected chi connectivity index (χ4v) is 8.37. The number of halogens is 1. The first-order chi connectivity index (χ1) is 24.3. The van der Waals surface area contributed by atoms with Gasteiger partial charge in [-0.25, -0.2) is 4.79 Å². The van der Waals surface area contributed by atoms with Crippen molar-refractivity contribution in [3.8, 4) is 0 Å². The number of carbonyl (C=O) groups is 2. The Morgan fingerprint density at radius 1 is 0.863 bits per heavy atom. The molecule has 51 heavy (non-hydrogen) atoms. The average molecular weight is 711 g/mol. The fourth-order valence-electron chi connectivity index (χ4n) is 8.05. The van der Waals surface area contributed by atoms with Crippen LogP contribution in [0.4, 0.5) is 11.4 Å². The lowest BCUT2D eigenvalue weighted by molar-refractivity contribution is -0.438. The summed E-state index contributed by atoms with van der Waals surface area (Å²) < 4.78 is 2.38. The van der Waals surface area contributed by atoms with E-state index in [9.17, 15) is 19.8 Å². The van der Waals surface area contributed by atoms with Crippen molar-refractivity contribution < 1.29 is 24.4 Å². The molecular formula is C44H55ClN2O4. The van der Waals surface area contributed by atoms with E-state index in [4.69, 9.17) is 11.6 Å². The largest absolute Gasteiger partial charge is 0.545 e. The van der Waals surface area contributed by atoms with Gasteiger partial charge in [-0.3, -0.25) is 0 Å². The molecular weight excluding hydrogens is 656 g/mol. The Hall–Kier alpha value is -3.90. The van der Waals surface area contributed by atoms with E-state index < -0.39 is 17.4 Å². The van der Waals surface area contributed by atoms with Gasteiger partial charge in [-0.15, -0.1) is 0 Å². The second kappa shape index (κ2) is 16.2. The van der Waals surface area contributed by atoms with E-state index >= 15 is 0 Å². The van der Waals surface area contributed by atoms with Gasteiger partial charge in [0, 0.05) is 52.5 Å². The predicted molar refractivity (Wildman–Crippen MR) is 208 cm³/mol. The second-order valence-corrected chi connectivity index (χ2v) is 15.8. The summed E-state index contributed by atoms with van der Waals surface area (Å²) in [5.74, 6) is -2.07. The first kappa shape index (κ1) is 38.3. The SMILES string of the molecule is CCCCCCN1C(=C/C=C2\CCCC(C=CC3=[N+](CCCCCC)c4ccc(C(=O)O)cc4C3(C)C)=C2Cl)C(C)(C)c2cc(C(=O)[O-])ccc21. The van der Waals surface area contributed by atoms with Gasteiger partial charge in [-0.1, -0.05) is 89.6 Å². The van der Waals surface area contributed by atoms with Crippen LogP contribution < -0.4 is 10.0 Å². The number of anilines is 1. The maximum atomic E-state index is 11.9. The summed E-state index contributed by atoms with van der Waals surface area (Å²) in [6, 6.07) is 10.9. The van der Waals surface area contributed by atoms with Gasteiger partial charge in [0.25, 0.3) is 0 Å². The summed E-state index contributed by atoms with van der Waals surface area (Å²) >= 11 is 7.22. The standard InChI is InChI=1S/C44H55ClN2O4/c1-7-9-11-13-26-46-36-22-18-32(41(48)49)28-34(36)43(3,4)38(46)24-20-30-16-15-17-31(40(30)45)21-25-39-44(5,6)35-29-33(42(50)51)19-23-37(35)47(39)27-14-12-10-8-2/h18-25,28-29H,7-17,26-27H2,1-6H3,(H-,48,49,50,51). The third kappa shape index (κ3) is 7.96. The van der Waals surface area contributed by atoms with Crippen molar-refractivity contribution in [3.63, 3.8) is 0 Å². The maximum Gasteiger partial charge on any atom is 0.335 e.